The van der Waals surface area contributed by atoms with Crippen LogP contribution < -0.4 is 19.7 Å². The van der Waals surface area contributed by atoms with Crippen molar-refractivity contribution in [2.75, 3.05) is 45.3 Å². The number of carbonyl (C=O) groups excluding carboxylic acids is 2. The number of ether oxygens (including phenoxy) is 2. The first kappa shape index (κ1) is 26.8. The number of methoxy groups -OCH3 is 2. The monoisotopic (exact) mass is 539 g/mol. The number of aromatic nitrogens is 2. The summed E-state index contributed by atoms with van der Waals surface area (Å²) in [6.45, 7) is 5.13. The second-order valence-electron chi connectivity index (χ2n) is 9.64. The smallest absolute Gasteiger partial charge is 0.244 e. The van der Waals surface area contributed by atoms with Crippen LogP contribution in [0.5, 0.6) is 11.5 Å². The minimum absolute atomic E-state index is 0.132. The Hall–Kier alpha value is -4.79. The summed E-state index contributed by atoms with van der Waals surface area (Å²) in [5, 5.41) is 3.84. The molecule has 4 aromatic rings. The summed E-state index contributed by atoms with van der Waals surface area (Å²) >= 11 is 0. The average molecular weight is 540 g/mol. The third-order valence-electron chi connectivity index (χ3n) is 7.18. The summed E-state index contributed by atoms with van der Waals surface area (Å²) in [7, 11) is 3.17. The van der Waals surface area contributed by atoms with Crippen molar-refractivity contribution in [3.63, 3.8) is 0 Å². The molecule has 3 heterocycles. The molecule has 9 heteroatoms. The van der Waals surface area contributed by atoms with Gasteiger partial charge in [0.05, 0.1) is 14.2 Å². The van der Waals surface area contributed by atoms with Gasteiger partial charge in [0.1, 0.15) is 5.65 Å². The molecular formula is C31H33N5O4. The van der Waals surface area contributed by atoms with Gasteiger partial charge in [-0.05, 0) is 47.5 Å². The third-order valence-corrected chi connectivity index (χ3v) is 7.18. The molecule has 2 aromatic heterocycles. The fourth-order valence-corrected chi connectivity index (χ4v) is 4.87. The highest BCUT2D eigenvalue weighted by Gasteiger charge is 2.18. The topological polar surface area (TPSA) is 99.8 Å². The second kappa shape index (κ2) is 11.9. The summed E-state index contributed by atoms with van der Waals surface area (Å²) in [4.78, 5) is 36.1. The molecule has 1 fully saturated rings. The number of rotatable bonds is 8. The standard InChI is InChI=1S/C31H33N5O4/c1-21(37)35-12-14-36(15-13-35)26-8-5-23(6-9-26)25-17-27-24(19-33-31(27)34-20-25)7-11-30(38)32-18-22-4-10-28(39-2)29(16-22)40-3/h4-11,16-17,19-20H,12-15,18H2,1-3H3,(H,32,38)(H,33,34)/b11-7+. The first-order valence-electron chi connectivity index (χ1n) is 13.2. The van der Waals surface area contributed by atoms with Gasteiger partial charge < -0.3 is 29.6 Å². The Balaban J connectivity index is 1.24. The van der Waals surface area contributed by atoms with Crippen molar-refractivity contribution >= 4 is 34.6 Å². The van der Waals surface area contributed by atoms with Crippen LogP contribution in [-0.2, 0) is 16.1 Å². The molecule has 0 spiro atoms. The van der Waals surface area contributed by atoms with Gasteiger partial charge in [0.2, 0.25) is 11.8 Å². The Labute approximate surface area is 233 Å². The predicted molar refractivity (Wildman–Crippen MR) is 156 cm³/mol. The lowest BCUT2D eigenvalue weighted by Gasteiger charge is -2.35. The summed E-state index contributed by atoms with van der Waals surface area (Å²) in [5.41, 5.74) is 5.74. The predicted octanol–water partition coefficient (Wildman–Crippen LogP) is 4.25. The number of hydrogen-bond acceptors (Lipinski definition) is 6. The summed E-state index contributed by atoms with van der Waals surface area (Å²) in [5.74, 6) is 1.19. The van der Waals surface area contributed by atoms with Gasteiger partial charge in [0.15, 0.2) is 11.5 Å². The Morgan fingerprint density at radius 1 is 0.975 bits per heavy atom. The van der Waals surface area contributed by atoms with Gasteiger partial charge in [0.25, 0.3) is 0 Å². The van der Waals surface area contributed by atoms with Crippen molar-refractivity contribution in [1.82, 2.24) is 20.2 Å². The van der Waals surface area contributed by atoms with Crippen LogP contribution in [0.2, 0.25) is 0 Å². The lowest BCUT2D eigenvalue weighted by atomic mass is 10.0. The fraction of sp³-hybridized carbons (Fsp3) is 0.258. The van der Waals surface area contributed by atoms with Gasteiger partial charge in [-0.3, -0.25) is 9.59 Å². The summed E-state index contributed by atoms with van der Waals surface area (Å²) in [6.07, 6.45) is 7.01. The number of anilines is 1. The highest BCUT2D eigenvalue weighted by Crippen LogP contribution is 2.29. The SMILES string of the molecule is COc1ccc(CNC(=O)/C=C/c2c[nH]c3ncc(-c4ccc(N5CCN(C(C)=O)CC5)cc4)cc23)cc1OC. The maximum Gasteiger partial charge on any atom is 0.244 e. The molecule has 2 N–H and O–H groups in total. The first-order valence-corrected chi connectivity index (χ1v) is 13.2. The second-order valence-corrected chi connectivity index (χ2v) is 9.64. The van der Waals surface area contributed by atoms with Crippen molar-refractivity contribution in [2.45, 2.75) is 13.5 Å². The molecule has 1 saturated heterocycles. The van der Waals surface area contributed by atoms with Gasteiger partial charge in [-0.1, -0.05) is 18.2 Å². The van der Waals surface area contributed by atoms with Gasteiger partial charge >= 0.3 is 0 Å². The molecule has 1 aliphatic heterocycles. The number of amides is 2. The Morgan fingerprint density at radius 2 is 1.73 bits per heavy atom. The molecule has 9 nitrogen and oxygen atoms in total. The van der Waals surface area contributed by atoms with E-state index < -0.39 is 0 Å². The van der Waals surface area contributed by atoms with Gasteiger partial charge in [-0.15, -0.1) is 0 Å². The van der Waals surface area contributed by atoms with Crippen LogP contribution in [0.4, 0.5) is 5.69 Å². The molecule has 206 valence electrons. The Morgan fingerprint density at radius 3 is 2.42 bits per heavy atom. The molecule has 0 atom stereocenters. The third kappa shape index (κ3) is 5.93. The zero-order valence-corrected chi connectivity index (χ0v) is 22.9. The zero-order chi connectivity index (χ0) is 28.1. The highest BCUT2D eigenvalue weighted by atomic mass is 16.5. The molecule has 5 rings (SSSR count). The average Bonchev–Trinajstić information content (AvgIpc) is 3.41. The van der Waals surface area contributed by atoms with Crippen LogP contribution in [0.3, 0.4) is 0 Å². The van der Waals surface area contributed by atoms with E-state index in [4.69, 9.17) is 9.47 Å². The van der Waals surface area contributed by atoms with E-state index in [-0.39, 0.29) is 11.8 Å². The number of aromatic amines is 1. The molecule has 2 amide bonds. The van der Waals surface area contributed by atoms with Crippen LogP contribution in [0.25, 0.3) is 28.2 Å². The van der Waals surface area contributed by atoms with Crippen molar-refractivity contribution in [2.24, 2.45) is 0 Å². The normalized spacial score (nSPS) is 13.6. The molecule has 2 aromatic carbocycles. The number of fused-ring (bicyclic) bond motifs is 1. The molecule has 1 aliphatic rings. The minimum Gasteiger partial charge on any atom is -0.493 e. The quantitative estimate of drug-likeness (QED) is 0.325. The number of nitrogens with one attached hydrogen (secondary N) is 2. The van der Waals surface area contributed by atoms with E-state index in [1.165, 1.54) is 6.08 Å². The Kier molecular flexibility index (Phi) is 8.00. The lowest BCUT2D eigenvalue weighted by molar-refractivity contribution is -0.129. The fourth-order valence-electron chi connectivity index (χ4n) is 4.87. The van der Waals surface area contributed by atoms with Crippen molar-refractivity contribution < 1.29 is 19.1 Å². The number of carbonyl (C=O) groups is 2. The number of piperazine rings is 1. The first-order chi connectivity index (χ1) is 19.4. The molecule has 0 aliphatic carbocycles. The summed E-state index contributed by atoms with van der Waals surface area (Å²) < 4.78 is 10.6. The van der Waals surface area contributed by atoms with Crippen molar-refractivity contribution in [3.8, 4) is 22.6 Å². The van der Waals surface area contributed by atoms with E-state index in [0.717, 1.165) is 65.2 Å². The molecular weight excluding hydrogens is 506 g/mol. The Bertz CT molecular complexity index is 1540. The molecule has 0 radical (unpaired) electrons. The van der Waals surface area contributed by atoms with E-state index >= 15 is 0 Å². The van der Waals surface area contributed by atoms with Crippen LogP contribution in [0, 0.1) is 0 Å². The summed E-state index contributed by atoms with van der Waals surface area (Å²) in [6, 6.07) is 16.1. The van der Waals surface area contributed by atoms with E-state index in [0.29, 0.717) is 18.0 Å². The maximum atomic E-state index is 12.5. The zero-order valence-electron chi connectivity index (χ0n) is 22.9. The maximum absolute atomic E-state index is 12.5. The number of benzene rings is 2. The number of hydrogen-bond donors (Lipinski definition) is 2. The van der Waals surface area contributed by atoms with E-state index in [1.807, 2.05) is 35.5 Å². The van der Waals surface area contributed by atoms with Crippen LogP contribution in [0.15, 0.2) is 67.0 Å². The van der Waals surface area contributed by atoms with E-state index in [1.54, 1.807) is 27.2 Å². The largest absolute Gasteiger partial charge is 0.493 e. The number of H-pyrrole nitrogens is 1. The molecule has 0 bridgehead atoms. The van der Waals surface area contributed by atoms with Crippen molar-refractivity contribution in [1.29, 1.82) is 0 Å². The van der Waals surface area contributed by atoms with Gasteiger partial charge in [0, 0.05) is 80.3 Å². The lowest BCUT2D eigenvalue weighted by Crippen LogP contribution is -2.48. The molecule has 0 unspecified atom stereocenters. The van der Waals surface area contributed by atoms with Crippen molar-refractivity contribution in [3.05, 3.63) is 78.1 Å². The molecule has 0 saturated carbocycles. The van der Waals surface area contributed by atoms with Gasteiger partial charge in [-0.2, -0.15) is 0 Å². The number of nitrogens with zero attached hydrogens (tertiary/aromatic N) is 3. The minimum atomic E-state index is -0.201. The van der Waals surface area contributed by atoms with E-state index in [9.17, 15) is 9.59 Å². The van der Waals surface area contributed by atoms with E-state index in [2.05, 4.69) is 50.5 Å². The van der Waals surface area contributed by atoms with Crippen LogP contribution >= 0.6 is 0 Å². The van der Waals surface area contributed by atoms with Crippen LogP contribution in [-0.4, -0.2) is 67.1 Å². The molecule has 40 heavy (non-hydrogen) atoms. The van der Waals surface area contributed by atoms with Crippen LogP contribution in [0.1, 0.15) is 18.1 Å². The number of pyridine rings is 1. The highest BCUT2D eigenvalue weighted by molar-refractivity contribution is 5.96. The van der Waals surface area contributed by atoms with Gasteiger partial charge in [-0.25, -0.2) is 4.98 Å².